The summed E-state index contributed by atoms with van der Waals surface area (Å²) in [6.07, 6.45) is 7.64. The third kappa shape index (κ3) is 3.56. The molecule has 4 rings (SSSR count). The van der Waals surface area contributed by atoms with Gasteiger partial charge in [-0.15, -0.1) is 0 Å². The predicted octanol–water partition coefficient (Wildman–Crippen LogP) is 2.35. The van der Waals surface area contributed by atoms with Crippen LogP contribution in [0.1, 0.15) is 58.3 Å². The molecule has 0 aromatic carbocycles. The molecule has 3 saturated heterocycles. The highest BCUT2D eigenvalue weighted by Gasteiger charge is 2.47. The minimum absolute atomic E-state index is 0.0640. The highest BCUT2D eigenvalue weighted by molar-refractivity contribution is 5.84. The molecule has 1 N–H and O–H groups in total. The maximum atomic E-state index is 12.8. The van der Waals surface area contributed by atoms with Gasteiger partial charge in [0.1, 0.15) is 6.10 Å². The van der Waals surface area contributed by atoms with Crippen molar-refractivity contribution in [1.29, 1.82) is 0 Å². The van der Waals surface area contributed by atoms with E-state index in [0.717, 1.165) is 64.6 Å². The van der Waals surface area contributed by atoms with Crippen molar-refractivity contribution in [1.82, 2.24) is 4.90 Å². The number of rotatable bonds is 4. The van der Waals surface area contributed by atoms with Gasteiger partial charge in [0, 0.05) is 18.9 Å². The Morgan fingerprint density at radius 2 is 1.96 bits per heavy atom. The van der Waals surface area contributed by atoms with Crippen LogP contribution in [0.4, 0.5) is 0 Å². The van der Waals surface area contributed by atoms with E-state index in [0.29, 0.717) is 12.3 Å². The average Bonchev–Trinajstić information content (AvgIpc) is 3.11. The first-order chi connectivity index (χ1) is 11.1. The van der Waals surface area contributed by atoms with E-state index in [9.17, 15) is 9.90 Å². The minimum atomic E-state index is -1.60. The number of ether oxygens (including phenoxy) is 1. The second kappa shape index (κ2) is 7.23. The zero-order valence-corrected chi connectivity index (χ0v) is 14.2. The molecule has 0 unspecified atom stereocenters. The number of esters is 1. The molecule has 0 spiro atoms. The Morgan fingerprint density at radius 1 is 1.26 bits per heavy atom. The van der Waals surface area contributed by atoms with Crippen LogP contribution in [0.3, 0.4) is 0 Å². The average molecular weight is 319 g/mol. The largest absolute Gasteiger partial charge is 0.458 e. The van der Waals surface area contributed by atoms with Crippen molar-refractivity contribution >= 4 is 5.97 Å². The summed E-state index contributed by atoms with van der Waals surface area (Å²) in [6, 6.07) is 0. The molecule has 23 heavy (non-hydrogen) atoms. The van der Waals surface area contributed by atoms with Crippen molar-refractivity contribution in [3.05, 3.63) is 0 Å². The van der Waals surface area contributed by atoms with Crippen LogP contribution < -0.4 is 0 Å². The summed E-state index contributed by atoms with van der Waals surface area (Å²) in [4.78, 5) is 15.2. The summed E-state index contributed by atoms with van der Waals surface area (Å²) < 4.78 is 5.80. The Kier molecular flexibility index (Phi) is 5.28. The molecule has 4 heteroatoms. The fourth-order valence-electron chi connectivity index (χ4n) is 4.26. The fourth-order valence-corrected chi connectivity index (χ4v) is 4.26. The Balaban J connectivity index is 1.71. The van der Waals surface area contributed by atoms with E-state index in [4.69, 9.17) is 4.74 Å². The van der Waals surface area contributed by atoms with Gasteiger partial charge < -0.3 is 9.84 Å². The lowest BCUT2D eigenvalue weighted by atomic mass is 9.84. The molecule has 2 bridgehead atoms. The number of aliphatic hydroxyl groups is 1. The topological polar surface area (TPSA) is 49.8 Å². The quantitative estimate of drug-likeness (QED) is 0.638. The summed E-state index contributed by atoms with van der Waals surface area (Å²) in [5.41, 5.74) is -1.60. The Morgan fingerprint density at radius 3 is 2.52 bits per heavy atom. The molecule has 1 aliphatic carbocycles. The van der Waals surface area contributed by atoms with Gasteiger partial charge in [0.05, 0.1) is 0 Å². The van der Waals surface area contributed by atoms with Gasteiger partial charge in [-0.2, -0.15) is 0 Å². The van der Waals surface area contributed by atoms with Gasteiger partial charge in [-0.3, -0.25) is 4.90 Å². The normalized spacial score (nSPS) is 32.9. The fraction of sp³-hybridized carbons (Fsp3) is 0.842. The van der Waals surface area contributed by atoms with Crippen molar-refractivity contribution in [3.8, 4) is 11.8 Å². The lowest BCUT2D eigenvalue weighted by Crippen LogP contribution is -2.55. The van der Waals surface area contributed by atoms with Crippen molar-refractivity contribution in [3.63, 3.8) is 0 Å². The van der Waals surface area contributed by atoms with Crippen LogP contribution in [-0.2, 0) is 9.53 Å². The summed E-state index contributed by atoms with van der Waals surface area (Å²) in [5, 5.41) is 11.0. The SMILES string of the molecule is CCCC#C[C@@](O)(C(=O)O[C@@H]1CN2CCC1CC2)C1CCCC1. The molecule has 0 amide bonds. The van der Waals surface area contributed by atoms with Crippen LogP contribution in [0, 0.1) is 23.7 Å². The molecule has 128 valence electrons. The summed E-state index contributed by atoms with van der Waals surface area (Å²) >= 11 is 0. The monoisotopic (exact) mass is 319 g/mol. The third-order valence-corrected chi connectivity index (χ3v) is 5.77. The molecular weight excluding hydrogens is 290 g/mol. The maximum Gasteiger partial charge on any atom is 0.351 e. The van der Waals surface area contributed by atoms with Crippen LogP contribution >= 0.6 is 0 Å². The van der Waals surface area contributed by atoms with Crippen LogP contribution in [0.5, 0.6) is 0 Å². The zero-order valence-electron chi connectivity index (χ0n) is 14.2. The lowest BCUT2D eigenvalue weighted by Gasteiger charge is -2.44. The second-order valence-corrected chi connectivity index (χ2v) is 7.38. The number of unbranched alkanes of at least 4 members (excludes halogenated alkanes) is 1. The summed E-state index contributed by atoms with van der Waals surface area (Å²) in [7, 11) is 0. The molecule has 4 aliphatic rings. The lowest BCUT2D eigenvalue weighted by molar-refractivity contribution is -0.178. The van der Waals surface area contributed by atoms with E-state index in [2.05, 4.69) is 23.7 Å². The highest BCUT2D eigenvalue weighted by atomic mass is 16.6. The first kappa shape index (κ1) is 16.8. The Labute approximate surface area is 139 Å². The molecule has 2 atom stereocenters. The van der Waals surface area contributed by atoms with Gasteiger partial charge in [-0.05, 0) is 51.1 Å². The highest BCUT2D eigenvalue weighted by Crippen LogP contribution is 2.36. The van der Waals surface area contributed by atoms with E-state index < -0.39 is 11.6 Å². The van der Waals surface area contributed by atoms with Crippen LogP contribution in [0.2, 0.25) is 0 Å². The van der Waals surface area contributed by atoms with E-state index >= 15 is 0 Å². The minimum Gasteiger partial charge on any atom is -0.458 e. The molecule has 0 aromatic heterocycles. The van der Waals surface area contributed by atoms with Crippen molar-refractivity contribution in [2.24, 2.45) is 11.8 Å². The molecular formula is C19H29NO3. The Hall–Kier alpha value is -1.05. The number of fused-ring (bicyclic) bond motifs is 3. The van der Waals surface area contributed by atoms with Crippen molar-refractivity contribution < 1.29 is 14.6 Å². The molecule has 4 fully saturated rings. The number of piperidine rings is 3. The van der Waals surface area contributed by atoms with E-state index in [-0.39, 0.29) is 12.0 Å². The zero-order chi connectivity index (χ0) is 16.3. The summed E-state index contributed by atoms with van der Waals surface area (Å²) in [5.74, 6) is 5.78. The molecule has 1 saturated carbocycles. The van der Waals surface area contributed by atoms with Crippen LogP contribution in [0.15, 0.2) is 0 Å². The van der Waals surface area contributed by atoms with Gasteiger partial charge >= 0.3 is 5.97 Å². The van der Waals surface area contributed by atoms with E-state index in [1.165, 1.54) is 0 Å². The van der Waals surface area contributed by atoms with E-state index in [1.807, 2.05) is 0 Å². The first-order valence-electron chi connectivity index (χ1n) is 9.29. The number of carbonyl (C=O) groups excluding carboxylic acids is 1. The van der Waals surface area contributed by atoms with Crippen LogP contribution in [-0.4, -0.2) is 47.3 Å². The van der Waals surface area contributed by atoms with Gasteiger partial charge in [-0.1, -0.05) is 31.6 Å². The third-order valence-electron chi connectivity index (χ3n) is 5.77. The Bertz CT molecular complexity index is 481. The molecule has 0 aromatic rings. The second-order valence-electron chi connectivity index (χ2n) is 7.38. The number of hydrogen-bond donors (Lipinski definition) is 1. The van der Waals surface area contributed by atoms with Crippen molar-refractivity contribution in [2.45, 2.75) is 70.0 Å². The van der Waals surface area contributed by atoms with Crippen molar-refractivity contribution in [2.75, 3.05) is 19.6 Å². The predicted molar refractivity (Wildman–Crippen MR) is 88.6 cm³/mol. The standard InChI is InChI=1S/C19H29NO3/c1-2-3-6-11-19(22,16-7-4-5-8-16)18(21)23-17-14-20-12-9-15(17)10-13-20/h15-17,22H,2-5,7-10,12-14H2,1H3/t17-,19+/m1/s1. The van der Waals surface area contributed by atoms with Crippen LogP contribution in [0.25, 0.3) is 0 Å². The number of nitrogens with zero attached hydrogens (tertiary/aromatic N) is 1. The number of carbonyl (C=O) groups is 1. The molecule has 4 nitrogen and oxygen atoms in total. The summed E-state index contributed by atoms with van der Waals surface area (Å²) in [6.45, 7) is 5.10. The van der Waals surface area contributed by atoms with Gasteiger partial charge in [0.25, 0.3) is 0 Å². The smallest absolute Gasteiger partial charge is 0.351 e. The van der Waals surface area contributed by atoms with E-state index in [1.54, 1.807) is 0 Å². The molecule has 3 aliphatic heterocycles. The molecule has 3 heterocycles. The van der Waals surface area contributed by atoms with Gasteiger partial charge in [-0.25, -0.2) is 4.79 Å². The van der Waals surface area contributed by atoms with Gasteiger partial charge in [0.2, 0.25) is 5.60 Å². The maximum absolute atomic E-state index is 12.8. The number of hydrogen-bond acceptors (Lipinski definition) is 4. The van der Waals surface area contributed by atoms with Gasteiger partial charge in [0.15, 0.2) is 0 Å². The first-order valence-corrected chi connectivity index (χ1v) is 9.29. The molecule has 0 radical (unpaired) electrons.